The number of benzene rings is 2. The number of Topliss-reactive ketones (excluding diaryl/α,β-unsaturated/α-hetero) is 1. The van der Waals surface area contributed by atoms with Gasteiger partial charge >= 0.3 is 6.18 Å². The van der Waals surface area contributed by atoms with Gasteiger partial charge in [-0.25, -0.2) is 0 Å². The van der Waals surface area contributed by atoms with E-state index in [0.717, 1.165) is 30.5 Å². The summed E-state index contributed by atoms with van der Waals surface area (Å²) in [4.78, 5) is 12.5. The van der Waals surface area contributed by atoms with E-state index in [1.807, 2.05) is 30.3 Å². The lowest BCUT2D eigenvalue weighted by Crippen LogP contribution is -2.07. The molecule has 1 saturated carbocycles. The summed E-state index contributed by atoms with van der Waals surface area (Å²) in [5.74, 6) is 0.151. The number of ketones is 1. The standard InChI is InChI=1S/C21H16F3NO2/c22-21(23,24)16-8-9-17(15(11-16)10-13-4-2-1-3-5-13)20-18(12-25-27-20)19(26)14-6-7-14/h1-5,8-9,11-12,14H,6-7,10H2. The van der Waals surface area contributed by atoms with Crippen LogP contribution in [0.3, 0.4) is 0 Å². The molecule has 2 aromatic carbocycles. The summed E-state index contributed by atoms with van der Waals surface area (Å²) in [6, 6.07) is 12.7. The van der Waals surface area contributed by atoms with Crippen LogP contribution in [0.5, 0.6) is 0 Å². The molecule has 1 aliphatic rings. The van der Waals surface area contributed by atoms with Crippen LogP contribution in [-0.4, -0.2) is 10.9 Å². The zero-order valence-electron chi connectivity index (χ0n) is 14.3. The van der Waals surface area contributed by atoms with Gasteiger partial charge in [-0.05, 0) is 42.5 Å². The van der Waals surface area contributed by atoms with Gasteiger partial charge in [-0.15, -0.1) is 0 Å². The zero-order chi connectivity index (χ0) is 19.0. The van der Waals surface area contributed by atoms with E-state index >= 15 is 0 Å². The fourth-order valence-corrected chi connectivity index (χ4v) is 3.13. The van der Waals surface area contributed by atoms with Crippen LogP contribution in [0, 0.1) is 5.92 Å². The molecule has 4 rings (SSSR count). The minimum absolute atomic E-state index is 0.0322. The maximum Gasteiger partial charge on any atom is 0.416 e. The van der Waals surface area contributed by atoms with Crippen LogP contribution in [0.25, 0.3) is 11.3 Å². The molecule has 0 aliphatic heterocycles. The number of rotatable bonds is 5. The van der Waals surface area contributed by atoms with Crippen molar-refractivity contribution in [2.24, 2.45) is 5.92 Å². The molecule has 1 fully saturated rings. The van der Waals surface area contributed by atoms with Gasteiger partial charge in [0.2, 0.25) is 0 Å². The predicted molar refractivity (Wildman–Crippen MR) is 93.2 cm³/mol. The maximum atomic E-state index is 13.2. The Kier molecular flexibility index (Phi) is 4.34. The van der Waals surface area contributed by atoms with Crippen molar-refractivity contribution in [2.75, 3.05) is 0 Å². The summed E-state index contributed by atoms with van der Waals surface area (Å²) in [5.41, 5.74) is 1.39. The number of hydrogen-bond acceptors (Lipinski definition) is 3. The highest BCUT2D eigenvalue weighted by atomic mass is 19.4. The first-order valence-corrected chi connectivity index (χ1v) is 8.67. The molecule has 0 spiro atoms. The highest BCUT2D eigenvalue weighted by Crippen LogP contribution is 2.38. The summed E-state index contributed by atoms with van der Waals surface area (Å²) >= 11 is 0. The summed E-state index contributed by atoms with van der Waals surface area (Å²) in [5, 5.41) is 3.73. The van der Waals surface area contributed by atoms with Gasteiger partial charge in [0.1, 0.15) is 0 Å². The van der Waals surface area contributed by atoms with Gasteiger partial charge in [-0.2, -0.15) is 13.2 Å². The Morgan fingerprint density at radius 2 is 1.85 bits per heavy atom. The minimum Gasteiger partial charge on any atom is -0.356 e. The minimum atomic E-state index is -4.45. The predicted octanol–water partition coefficient (Wildman–Crippen LogP) is 5.54. The normalized spacial score (nSPS) is 14.3. The van der Waals surface area contributed by atoms with Gasteiger partial charge in [-0.3, -0.25) is 4.79 Å². The van der Waals surface area contributed by atoms with E-state index in [-0.39, 0.29) is 23.9 Å². The molecule has 0 radical (unpaired) electrons. The van der Waals surface area contributed by atoms with Gasteiger partial charge in [0.05, 0.1) is 17.3 Å². The molecule has 1 aliphatic carbocycles. The molecule has 0 N–H and O–H groups in total. The van der Waals surface area contributed by atoms with Crippen molar-refractivity contribution in [3.8, 4) is 11.3 Å². The number of alkyl halides is 3. The van der Waals surface area contributed by atoms with Crippen molar-refractivity contribution in [1.82, 2.24) is 5.16 Å². The van der Waals surface area contributed by atoms with Crippen LogP contribution >= 0.6 is 0 Å². The van der Waals surface area contributed by atoms with Crippen LogP contribution in [0.4, 0.5) is 13.2 Å². The fourth-order valence-electron chi connectivity index (χ4n) is 3.13. The summed E-state index contributed by atoms with van der Waals surface area (Å²) in [6.45, 7) is 0. The monoisotopic (exact) mass is 371 g/mol. The second-order valence-electron chi connectivity index (χ2n) is 6.74. The van der Waals surface area contributed by atoms with Gasteiger partial charge in [-0.1, -0.05) is 41.6 Å². The van der Waals surface area contributed by atoms with Crippen molar-refractivity contribution < 1.29 is 22.5 Å². The van der Waals surface area contributed by atoms with Crippen molar-refractivity contribution >= 4 is 5.78 Å². The lowest BCUT2D eigenvalue weighted by atomic mass is 9.93. The topological polar surface area (TPSA) is 43.1 Å². The highest BCUT2D eigenvalue weighted by Gasteiger charge is 2.35. The zero-order valence-corrected chi connectivity index (χ0v) is 14.3. The van der Waals surface area contributed by atoms with Gasteiger partial charge in [0, 0.05) is 11.5 Å². The Bertz CT molecular complexity index is 973. The van der Waals surface area contributed by atoms with Crippen LogP contribution in [0.2, 0.25) is 0 Å². The molecule has 27 heavy (non-hydrogen) atoms. The van der Waals surface area contributed by atoms with Crippen LogP contribution in [0.1, 0.15) is 39.9 Å². The lowest BCUT2D eigenvalue weighted by molar-refractivity contribution is -0.137. The van der Waals surface area contributed by atoms with Crippen molar-refractivity contribution in [3.63, 3.8) is 0 Å². The van der Waals surface area contributed by atoms with E-state index in [9.17, 15) is 18.0 Å². The third-order valence-electron chi connectivity index (χ3n) is 4.70. The largest absolute Gasteiger partial charge is 0.416 e. The van der Waals surface area contributed by atoms with E-state index in [1.165, 1.54) is 12.3 Å². The van der Waals surface area contributed by atoms with Crippen molar-refractivity contribution in [1.29, 1.82) is 0 Å². The number of carbonyl (C=O) groups is 1. The first kappa shape index (κ1) is 17.5. The SMILES string of the molecule is O=C(c1cnoc1-c1ccc(C(F)(F)F)cc1Cc1ccccc1)C1CC1. The van der Waals surface area contributed by atoms with Gasteiger partial charge in [0.15, 0.2) is 11.5 Å². The van der Waals surface area contributed by atoms with E-state index in [2.05, 4.69) is 5.16 Å². The molecule has 1 heterocycles. The Morgan fingerprint density at radius 3 is 2.52 bits per heavy atom. The highest BCUT2D eigenvalue weighted by molar-refractivity contribution is 6.03. The first-order chi connectivity index (χ1) is 12.9. The van der Waals surface area contributed by atoms with Crippen molar-refractivity contribution in [2.45, 2.75) is 25.4 Å². The Labute approximate surface area is 153 Å². The summed E-state index contributed by atoms with van der Waals surface area (Å²) in [7, 11) is 0. The second kappa shape index (κ2) is 6.68. The molecule has 0 atom stereocenters. The van der Waals surface area contributed by atoms with Crippen LogP contribution in [0.15, 0.2) is 59.3 Å². The van der Waals surface area contributed by atoms with Crippen LogP contribution < -0.4 is 0 Å². The Balaban J connectivity index is 1.80. The number of nitrogens with zero attached hydrogens (tertiary/aromatic N) is 1. The summed E-state index contributed by atoms with van der Waals surface area (Å²) in [6.07, 6.45) is -1.14. The smallest absolute Gasteiger partial charge is 0.356 e. The Hall–Kier alpha value is -2.89. The average molecular weight is 371 g/mol. The fraction of sp³-hybridized carbons (Fsp3) is 0.238. The van der Waals surface area contributed by atoms with E-state index < -0.39 is 11.7 Å². The molecule has 3 nitrogen and oxygen atoms in total. The molecule has 0 bridgehead atoms. The molecule has 138 valence electrons. The lowest BCUT2D eigenvalue weighted by Gasteiger charge is -2.13. The molecule has 6 heteroatoms. The second-order valence-corrected chi connectivity index (χ2v) is 6.74. The first-order valence-electron chi connectivity index (χ1n) is 8.67. The average Bonchev–Trinajstić information content (AvgIpc) is 3.38. The molecular weight excluding hydrogens is 355 g/mol. The number of hydrogen-bond donors (Lipinski definition) is 0. The molecule has 1 aromatic heterocycles. The molecule has 0 amide bonds. The van der Waals surface area contributed by atoms with Crippen molar-refractivity contribution in [3.05, 3.63) is 77.0 Å². The third-order valence-corrected chi connectivity index (χ3v) is 4.70. The van der Waals surface area contributed by atoms with Gasteiger partial charge < -0.3 is 4.52 Å². The summed E-state index contributed by atoms with van der Waals surface area (Å²) < 4.78 is 44.9. The Morgan fingerprint density at radius 1 is 1.11 bits per heavy atom. The van der Waals surface area contributed by atoms with Gasteiger partial charge in [0.25, 0.3) is 0 Å². The number of halogens is 3. The number of carbonyl (C=O) groups excluding carboxylic acids is 1. The van der Waals surface area contributed by atoms with E-state index in [4.69, 9.17) is 4.52 Å². The molecule has 0 unspecified atom stereocenters. The van der Waals surface area contributed by atoms with Crippen LogP contribution in [-0.2, 0) is 12.6 Å². The number of aromatic nitrogens is 1. The molecular formula is C21H16F3NO2. The molecule has 3 aromatic rings. The van der Waals surface area contributed by atoms with E-state index in [1.54, 1.807) is 0 Å². The quantitative estimate of drug-likeness (QED) is 0.553. The maximum absolute atomic E-state index is 13.2. The van der Waals surface area contributed by atoms with E-state index in [0.29, 0.717) is 16.7 Å². The third kappa shape index (κ3) is 3.65. The molecule has 0 saturated heterocycles.